The highest BCUT2D eigenvalue weighted by Crippen LogP contribution is 2.24. The average molecular weight is 327 g/mol. The van der Waals surface area contributed by atoms with Gasteiger partial charge in [-0.25, -0.2) is 9.97 Å². The van der Waals surface area contributed by atoms with Crippen molar-refractivity contribution in [1.82, 2.24) is 9.97 Å². The molecule has 0 N–H and O–H groups in total. The zero-order valence-electron chi connectivity index (χ0n) is 14.0. The van der Waals surface area contributed by atoms with Crippen molar-refractivity contribution in [2.75, 3.05) is 32.2 Å². The number of hydrogen-bond acceptors (Lipinski definition) is 6. The Balaban J connectivity index is 1.94. The molecule has 0 radical (unpaired) electrons. The van der Waals surface area contributed by atoms with Crippen LogP contribution in [0.2, 0.25) is 0 Å². The number of hydrogen-bond donors (Lipinski definition) is 0. The highest BCUT2D eigenvalue weighted by molar-refractivity contribution is 5.80. The van der Waals surface area contributed by atoms with Gasteiger partial charge in [0.05, 0.1) is 19.4 Å². The third kappa shape index (κ3) is 3.71. The molecule has 126 valence electrons. The van der Waals surface area contributed by atoms with E-state index in [1.807, 2.05) is 30.3 Å². The van der Waals surface area contributed by atoms with Gasteiger partial charge < -0.3 is 14.4 Å². The molecule has 1 aromatic heterocycles. The molecule has 1 aromatic carbocycles. The highest BCUT2D eigenvalue weighted by atomic mass is 16.5. The van der Waals surface area contributed by atoms with Crippen LogP contribution < -0.4 is 9.64 Å². The van der Waals surface area contributed by atoms with E-state index < -0.39 is 0 Å². The Hall–Kier alpha value is -2.47. The van der Waals surface area contributed by atoms with Crippen molar-refractivity contribution in [1.29, 1.82) is 0 Å². The summed E-state index contributed by atoms with van der Waals surface area (Å²) in [7, 11) is 3.29. The Morgan fingerprint density at radius 2 is 1.79 bits per heavy atom. The van der Waals surface area contributed by atoms with Gasteiger partial charge in [0.25, 0.3) is 0 Å². The van der Waals surface area contributed by atoms with Crippen LogP contribution in [-0.2, 0) is 16.1 Å². The Morgan fingerprint density at radius 1 is 1.08 bits per heavy atom. The summed E-state index contributed by atoms with van der Waals surface area (Å²) < 4.78 is 10.4. The summed E-state index contributed by atoms with van der Waals surface area (Å²) in [4.78, 5) is 22.9. The molecule has 0 amide bonds. The van der Waals surface area contributed by atoms with Gasteiger partial charge in [0, 0.05) is 44.7 Å². The smallest absolute Gasteiger partial charge is 0.161 e. The maximum absolute atomic E-state index is 11.5. The fraction of sp³-hybridized carbons (Fsp3) is 0.389. The van der Waals surface area contributed by atoms with Gasteiger partial charge in [0.15, 0.2) is 5.82 Å². The molecule has 3 rings (SSSR count). The number of anilines is 1. The van der Waals surface area contributed by atoms with Crippen molar-refractivity contribution < 1.29 is 14.3 Å². The number of aromatic nitrogens is 2. The number of nitrogens with zero attached hydrogens (tertiary/aromatic N) is 3. The lowest BCUT2D eigenvalue weighted by Crippen LogP contribution is -2.34. The van der Waals surface area contributed by atoms with E-state index >= 15 is 0 Å². The number of ketones is 1. The van der Waals surface area contributed by atoms with Crippen molar-refractivity contribution in [2.24, 2.45) is 0 Å². The van der Waals surface area contributed by atoms with Crippen molar-refractivity contribution in [3.05, 3.63) is 36.0 Å². The van der Waals surface area contributed by atoms with Crippen LogP contribution in [-0.4, -0.2) is 43.1 Å². The Kier molecular flexibility index (Phi) is 5.05. The van der Waals surface area contributed by atoms with Crippen molar-refractivity contribution in [3.8, 4) is 17.1 Å². The van der Waals surface area contributed by atoms with Crippen LogP contribution in [0.15, 0.2) is 30.3 Å². The van der Waals surface area contributed by atoms with E-state index in [1.165, 1.54) is 0 Å². The molecule has 1 aliphatic rings. The number of carbonyl (C=O) groups excluding carboxylic acids is 1. The molecule has 1 saturated heterocycles. The van der Waals surface area contributed by atoms with Crippen LogP contribution >= 0.6 is 0 Å². The first-order valence-electron chi connectivity index (χ1n) is 7.97. The highest BCUT2D eigenvalue weighted by Gasteiger charge is 2.19. The Labute approximate surface area is 141 Å². The van der Waals surface area contributed by atoms with Crippen molar-refractivity contribution in [3.63, 3.8) is 0 Å². The lowest BCUT2D eigenvalue weighted by Gasteiger charge is -2.27. The summed E-state index contributed by atoms with van der Waals surface area (Å²) >= 11 is 0. The van der Waals surface area contributed by atoms with Gasteiger partial charge in [0.1, 0.15) is 17.4 Å². The van der Waals surface area contributed by atoms with Gasteiger partial charge in [-0.05, 0) is 24.3 Å². The molecule has 0 atom stereocenters. The molecule has 0 saturated carbocycles. The predicted octanol–water partition coefficient (Wildman–Crippen LogP) is 2.47. The number of benzene rings is 1. The van der Waals surface area contributed by atoms with E-state index in [2.05, 4.69) is 9.88 Å². The number of piperidine rings is 1. The third-order valence-electron chi connectivity index (χ3n) is 4.05. The molecule has 0 unspecified atom stereocenters. The lowest BCUT2D eigenvalue weighted by atomic mass is 10.1. The number of carbonyl (C=O) groups is 1. The third-order valence-corrected chi connectivity index (χ3v) is 4.05. The van der Waals surface area contributed by atoms with Gasteiger partial charge >= 0.3 is 0 Å². The molecule has 24 heavy (non-hydrogen) atoms. The minimum Gasteiger partial charge on any atom is -0.497 e. The fourth-order valence-electron chi connectivity index (χ4n) is 2.72. The molecule has 1 fully saturated rings. The van der Waals surface area contributed by atoms with Gasteiger partial charge in [0.2, 0.25) is 0 Å². The first-order chi connectivity index (χ1) is 11.7. The van der Waals surface area contributed by atoms with Crippen LogP contribution in [0.1, 0.15) is 18.5 Å². The molecule has 2 heterocycles. The maximum Gasteiger partial charge on any atom is 0.161 e. The number of Topliss-reactive ketones (excluding diaryl/α,β-unsaturated/α-hetero) is 1. The minimum absolute atomic E-state index is 0.313. The standard InChI is InChI=1S/C18H21N3O3/c1-23-12-14-11-17(21-9-7-15(22)8-10-21)20-18(19-14)13-3-5-16(24-2)6-4-13/h3-6,11H,7-10,12H2,1-2H3. The van der Waals surface area contributed by atoms with E-state index in [0.717, 1.165) is 22.8 Å². The minimum atomic E-state index is 0.313. The predicted molar refractivity (Wildman–Crippen MR) is 91.2 cm³/mol. The largest absolute Gasteiger partial charge is 0.497 e. The zero-order chi connectivity index (χ0) is 16.9. The topological polar surface area (TPSA) is 64.5 Å². The lowest BCUT2D eigenvalue weighted by molar-refractivity contribution is -0.119. The summed E-state index contributed by atoms with van der Waals surface area (Å²) in [6, 6.07) is 9.59. The molecule has 6 nitrogen and oxygen atoms in total. The quantitative estimate of drug-likeness (QED) is 0.840. The fourth-order valence-corrected chi connectivity index (χ4v) is 2.72. The second kappa shape index (κ2) is 7.40. The average Bonchev–Trinajstić information content (AvgIpc) is 2.62. The first-order valence-corrected chi connectivity index (χ1v) is 7.97. The SMILES string of the molecule is COCc1cc(N2CCC(=O)CC2)nc(-c2ccc(OC)cc2)n1. The van der Waals surface area contributed by atoms with Crippen molar-refractivity contribution >= 4 is 11.6 Å². The van der Waals surface area contributed by atoms with Gasteiger partial charge in [-0.15, -0.1) is 0 Å². The van der Waals surface area contributed by atoms with Gasteiger partial charge in [-0.1, -0.05) is 0 Å². The molecule has 0 spiro atoms. The van der Waals surface area contributed by atoms with Crippen molar-refractivity contribution in [2.45, 2.75) is 19.4 Å². The van der Waals surface area contributed by atoms with E-state index in [9.17, 15) is 4.79 Å². The summed E-state index contributed by atoms with van der Waals surface area (Å²) in [5.74, 6) is 2.60. The monoisotopic (exact) mass is 327 g/mol. The number of rotatable bonds is 5. The van der Waals surface area contributed by atoms with Crippen LogP contribution in [0, 0.1) is 0 Å². The zero-order valence-corrected chi connectivity index (χ0v) is 14.0. The summed E-state index contributed by atoms with van der Waals surface area (Å²) in [6.45, 7) is 1.82. The second-order valence-corrected chi connectivity index (χ2v) is 5.73. The second-order valence-electron chi connectivity index (χ2n) is 5.73. The van der Waals surface area contributed by atoms with Crippen LogP contribution in [0.3, 0.4) is 0 Å². The Morgan fingerprint density at radius 3 is 2.42 bits per heavy atom. The molecule has 2 aromatic rings. The van der Waals surface area contributed by atoms with E-state index in [-0.39, 0.29) is 0 Å². The van der Waals surface area contributed by atoms with E-state index in [0.29, 0.717) is 44.1 Å². The summed E-state index contributed by atoms with van der Waals surface area (Å²) in [5.41, 5.74) is 1.74. The molecule has 6 heteroatoms. The Bertz CT molecular complexity index is 706. The van der Waals surface area contributed by atoms with Crippen LogP contribution in [0.5, 0.6) is 5.75 Å². The normalized spacial score (nSPS) is 14.8. The summed E-state index contributed by atoms with van der Waals surface area (Å²) in [5, 5.41) is 0. The van der Waals surface area contributed by atoms with E-state index in [1.54, 1.807) is 14.2 Å². The number of ether oxygens (including phenoxy) is 2. The maximum atomic E-state index is 11.5. The molecular weight excluding hydrogens is 306 g/mol. The first kappa shape index (κ1) is 16.4. The van der Waals surface area contributed by atoms with Gasteiger partial charge in [-0.3, -0.25) is 4.79 Å². The molecule has 0 aliphatic carbocycles. The number of methoxy groups -OCH3 is 2. The summed E-state index contributed by atoms with van der Waals surface area (Å²) in [6.07, 6.45) is 1.14. The molecular formula is C18H21N3O3. The van der Waals surface area contributed by atoms with Gasteiger partial charge in [-0.2, -0.15) is 0 Å². The van der Waals surface area contributed by atoms with Crippen LogP contribution in [0.25, 0.3) is 11.4 Å². The molecule has 0 bridgehead atoms. The molecule has 1 aliphatic heterocycles. The van der Waals surface area contributed by atoms with E-state index in [4.69, 9.17) is 14.5 Å². The van der Waals surface area contributed by atoms with Crippen LogP contribution in [0.4, 0.5) is 5.82 Å².